The van der Waals surface area contributed by atoms with Gasteiger partial charge in [0.2, 0.25) is 0 Å². The molecule has 8 nitrogen and oxygen atoms in total. The Labute approximate surface area is 177 Å². The van der Waals surface area contributed by atoms with Crippen molar-refractivity contribution in [3.8, 4) is 24.2 Å². The van der Waals surface area contributed by atoms with Crippen LogP contribution in [0, 0.1) is 24.2 Å². The second-order valence-electron chi connectivity index (χ2n) is 7.21. The van der Waals surface area contributed by atoms with E-state index >= 15 is 0 Å². The molecule has 0 unspecified atom stereocenters. The lowest BCUT2D eigenvalue weighted by Crippen LogP contribution is -2.42. The Balaban J connectivity index is 1.81. The van der Waals surface area contributed by atoms with Crippen LogP contribution >= 0.6 is 0 Å². The van der Waals surface area contributed by atoms with E-state index in [0.717, 1.165) is 24.3 Å². The average Bonchev–Trinajstić information content (AvgIpc) is 2.78. The molecular formula is C22H26N6O2. The Hall–Kier alpha value is -3.17. The maximum absolute atomic E-state index is 5.77. The number of methoxy groups -OCH3 is 1. The van der Waals surface area contributed by atoms with E-state index in [1.54, 1.807) is 19.5 Å². The molecule has 1 atom stereocenters. The molecule has 2 aromatic heterocycles. The summed E-state index contributed by atoms with van der Waals surface area (Å²) in [4.78, 5) is 12.8. The number of nitrogens with one attached hydrogen (secondary N) is 3. The Bertz CT molecular complexity index is 950. The van der Waals surface area contributed by atoms with Crippen LogP contribution in [0.3, 0.4) is 0 Å². The third-order valence-corrected chi connectivity index (χ3v) is 4.49. The smallest absolute Gasteiger partial charge is 0.150 e. The SMILES string of the molecule is C#Cc1cnc(Nc2cc(NC[C@@H]3CNCCO3)c(C#CC(C)(C)OC)cn2)cn1. The van der Waals surface area contributed by atoms with E-state index in [1.807, 2.05) is 19.9 Å². The van der Waals surface area contributed by atoms with Crippen LogP contribution in [0.4, 0.5) is 17.3 Å². The highest BCUT2D eigenvalue weighted by molar-refractivity contribution is 5.65. The maximum atomic E-state index is 5.77. The van der Waals surface area contributed by atoms with Gasteiger partial charge in [0.25, 0.3) is 0 Å². The highest BCUT2D eigenvalue weighted by Gasteiger charge is 2.15. The summed E-state index contributed by atoms with van der Waals surface area (Å²) in [5.74, 6) is 9.89. The molecule has 1 aliphatic heterocycles. The fraction of sp³-hybridized carbons (Fsp3) is 0.409. The van der Waals surface area contributed by atoms with Crippen LogP contribution in [0.25, 0.3) is 0 Å². The van der Waals surface area contributed by atoms with E-state index < -0.39 is 5.60 Å². The number of hydrogen-bond donors (Lipinski definition) is 3. The first-order valence-electron chi connectivity index (χ1n) is 9.69. The van der Waals surface area contributed by atoms with Gasteiger partial charge in [0, 0.05) is 39.0 Å². The largest absolute Gasteiger partial charge is 0.381 e. The molecular weight excluding hydrogens is 380 g/mol. The number of hydrogen-bond acceptors (Lipinski definition) is 8. The summed E-state index contributed by atoms with van der Waals surface area (Å²) in [7, 11) is 1.64. The standard InChI is InChI=1S/C22H26N6O2/c1-5-17-12-27-21(15-24-17)28-20-10-19(25-14-18-13-23-8-9-30-18)16(11-26-20)6-7-22(2,3)29-4/h1,10-12,15,18,23H,8-9,13-14H2,2-4H3,(H2,25,26,27,28)/t18-/m0/s1. The Kier molecular flexibility index (Phi) is 7.21. The third kappa shape index (κ3) is 6.16. The summed E-state index contributed by atoms with van der Waals surface area (Å²) < 4.78 is 11.2. The zero-order valence-electron chi connectivity index (χ0n) is 17.5. The van der Waals surface area contributed by atoms with E-state index in [1.165, 1.54) is 6.20 Å². The van der Waals surface area contributed by atoms with Crippen molar-refractivity contribution in [2.75, 3.05) is 44.0 Å². The van der Waals surface area contributed by atoms with Gasteiger partial charge in [-0.05, 0) is 19.8 Å². The molecule has 3 N–H and O–H groups in total. The van der Waals surface area contributed by atoms with Crippen molar-refractivity contribution in [3.05, 3.63) is 35.9 Å². The predicted molar refractivity (Wildman–Crippen MR) is 117 cm³/mol. The molecule has 2 aromatic rings. The van der Waals surface area contributed by atoms with Crippen LogP contribution in [0.5, 0.6) is 0 Å². The molecule has 30 heavy (non-hydrogen) atoms. The van der Waals surface area contributed by atoms with E-state index in [-0.39, 0.29) is 6.10 Å². The molecule has 1 aliphatic rings. The van der Waals surface area contributed by atoms with Gasteiger partial charge >= 0.3 is 0 Å². The molecule has 156 valence electrons. The molecule has 1 saturated heterocycles. The molecule has 1 fully saturated rings. The second-order valence-corrected chi connectivity index (χ2v) is 7.21. The van der Waals surface area contributed by atoms with E-state index in [2.05, 4.69) is 48.7 Å². The molecule has 0 aromatic carbocycles. The van der Waals surface area contributed by atoms with E-state index in [9.17, 15) is 0 Å². The van der Waals surface area contributed by atoms with Gasteiger partial charge in [0.1, 0.15) is 22.9 Å². The Morgan fingerprint density at radius 1 is 1.27 bits per heavy atom. The van der Waals surface area contributed by atoms with Crippen LogP contribution < -0.4 is 16.0 Å². The summed E-state index contributed by atoms with van der Waals surface area (Å²) >= 11 is 0. The monoisotopic (exact) mass is 406 g/mol. The van der Waals surface area contributed by atoms with Crippen molar-refractivity contribution in [2.45, 2.75) is 25.6 Å². The van der Waals surface area contributed by atoms with E-state index in [0.29, 0.717) is 30.5 Å². The van der Waals surface area contributed by atoms with Gasteiger partial charge in [0.05, 0.1) is 36.4 Å². The minimum atomic E-state index is -0.557. The summed E-state index contributed by atoms with van der Waals surface area (Å²) in [5, 5.41) is 9.89. The quantitative estimate of drug-likeness (QED) is 0.625. The lowest BCUT2D eigenvalue weighted by Gasteiger charge is -2.24. The average molecular weight is 406 g/mol. The molecule has 0 spiro atoms. The van der Waals surface area contributed by atoms with Crippen molar-refractivity contribution >= 4 is 17.3 Å². The van der Waals surface area contributed by atoms with Crippen LogP contribution in [-0.2, 0) is 9.47 Å². The summed E-state index contributed by atoms with van der Waals surface area (Å²) in [6, 6.07) is 1.89. The van der Waals surface area contributed by atoms with Gasteiger partial charge in [-0.2, -0.15) is 0 Å². The highest BCUT2D eigenvalue weighted by atomic mass is 16.5. The molecule has 0 saturated carbocycles. The maximum Gasteiger partial charge on any atom is 0.150 e. The van der Waals surface area contributed by atoms with Crippen molar-refractivity contribution in [3.63, 3.8) is 0 Å². The van der Waals surface area contributed by atoms with Gasteiger partial charge in [0.15, 0.2) is 0 Å². The van der Waals surface area contributed by atoms with Gasteiger partial charge in [-0.3, -0.25) is 0 Å². The number of morpholine rings is 1. The van der Waals surface area contributed by atoms with Crippen molar-refractivity contribution in [1.82, 2.24) is 20.3 Å². The van der Waals surface area contributed by atoms with Crippen LogP contribution in [0.15, 0.2) is 24.7 Å². The first-order valence-corrected chi connectivity index (χ1v) is 9.69. The lowest BCUT2D eigenvalue weighted by atomic mass is 10.1. The number of pyridine rings is 1. The van der Waals surface area contributed by atoms with Crippen molar-refractivity contribution < 1.29 is 9.47 Å². The number of rotatable bonds is 6. The lowest BCUT2D eigenvalue weighted by molar-refractivity contribution is 0.0372. The summed E-state index contributed by atoms with van der Waals surface area (Å²) in [6.07, 6.45) is 10.2. The minimum absolute atomic E-state index is 0.0849. The predicted octanol–water partition coefficient (Wildman–Crippen LogP) is 1.77. The summed E-state index contributed by atoms with van der Waals surface area (Å²) in [6.45, 7) is 6.86. The first-order chi connectivity index (χ1) is 14.5. The zero-order valence-corrected chi connectivity index (χ0v) is 17.5. The molecule has 8 heteroatoms. The number of nitrogens with zero attached hydrogens (tertiary/aromatic N) is 3. The van der Waals surface area contributed by atoms with Gasteiger partial charge < -0.3 is 25.4 Å². The van der Waals surface area contributed by atoms with Crippen molar-refractivity contribution in [1.29, 1.82) is 0 Å². The van der Waals surface area contributed by atoms with Crippen molar-refractivity contribution in [2.24, 2.45) is 0 Å². The molecule has 3 heterocycles. The number of anilines is 3. The number of terminal acetylenes is 1. The van der Waals surface area contributed by atoms with E-state index in [4.69, 9.17) is 15.9 Å². The van der Waals surface area contributed by atoms with Gasteiger partial charge in [-0.15, -0.1) is 6.42 Å². The topological polar surface area (TPSA) is 93.2 Å². The molecule has 0 amide bonds. The fourth-order valence-electron chi connectivity index (χ4n) is 2.61. The Morgan fingerprint density at radius 2 is 2.10 bits per heavy atom. The molecule has 0 bridgehead atoms. The number of aromatic nitrogens is 3. The molecule has 0 radical (unpaired) electrons. The highest BCUT2D eigenvalue weighted by Crippen LogP contribution is 2.21. The zero-order chi connectivity index (χ0) is 21.4. The molecule has 3 rings (SSSR count). The molecule has 0 aliphatic carbocycles. The normalized spacial score (nSPS) is 16.1. The van der Waals surface area contributed by atoms with Gasteiger partial charge in [-0.1, -0.05) is 11.8 Å². The number of ether oxygens (including phenoxy) is 2. The minimum Gasteiger partial charge on any atom is -0.381 e. The Morgan fingerprint density at radius 3 is 2.77 bits per heavy atom. The summed E-state index contributed by atoms with van der Waals surface area (Å²) in [5.41, 5.74) is 1.53. The van der Waals surface area contributed by atoms with Crippen LogP contribution in [-0.4, -0.2) is 60.0 Å². The third-order valence-electron chi connectivity index (χ3n) is 4.49. The van der Waals surface area contributed by atoms with Crippen LogP contribution in [0.1, 0.15) is 25.1 Å². The fourth-order valence-corrected chi connectivity index (χ4v) is 2.61. The van der Waals surface area contributed by atoms with Crippen LogP contribution in [0.2, 0.25) is 0 Å². The first kappa shape index (κ1) is 21.5. The second kappa shape index (κ2) is 10.0. The van der Waals surface area contributed by atoms with Gasteiger partial charge in [-0.25, -0.2) is 15.0 Å².